The maximum Gasteiger partial charge on any atom is 0.238 e. The van der Waals surface area contributed by atoms with E-state index in [1.807, 2.05) is 14.1 Å². The first-order chi connectivity index (χ1) is 8.29. The summed E-state index contributed by atoms with van der Waals surface area (Å²) >= 11 is 0. The Bertz CT molecular complexity index is 500. The van der Waals surface area contributed by atoms with Gasteiger partial charge in [-0.25, -0.2) is 13.6 Å². The lowest BCUT2D eigenvalue weighted by atomic mass is 10.2. The minimum Gasteiger partial charge on any atom is -0.399 e. The van der Waals surface area contributed by atoms with E-state index in [4.69, 9.17) is 10.9 Å². The molecule has 0 heterocycles. The minimum atomic E-state index is -3.72. The Kier molecular flexibility index (Phi) is 4.94. The van der Waals surface area contributed by atoms with Crippen molar-refractivity contribution in [2.75, 3.05) is 38.2 Å². The SMILES string of the molecule is CN(C)CCCNc1cc(N)cc(S(N)(=O)=O)c1. The Hall–Kier alpha value is -1.31. The van der Waals surface area contributed by atoms with Gasteiger partial charge in [-0.3, -0.25) is 0 Å². The fraction of sp³-hybridized carbons (Fsp3) is 0.455. The lowest BCUT2D eigenvalue weighted by Crippen LogP contribution is -2.17. The molecule has 0 atom stereocenters. The van der Waals surface area contributed by atoms with Gasteiger partial charge < -0.3 is 16.0 Å². The van der Waals surface area contributed by atoms with Crippen LogP contribution in [0.2, 0.25) is 0 Å². The molecule has 7 heteroatoms. The molecule has 0 amide bonds. The van der Waals surface area contributed by atoms with Crippen molar-refractivity contribution >= 4 is 21.4 Å². The molecule has 18 heavy (non-hydrogen) atoms. The smallest absolute Gasteiger partial charge is 0.238 e. The summed E-state index contributed by atoms with van der Waals surface area (Å²) in [6, 6.07) is 4.52. The number of anilines is 2. The van der Waals surface area contributed by atoms with E-state index in [-0.39, 0.29) is 4.90 Å². The number of rotatable bonds is 6. The van der Waals surface area contributed by atoms with Crippen molar-refractivity contribution in [2.24, 2.45) is 5.14 Å². The highest BCUT2D eigenvalue weighted by atomic mass is 32.2. The molecular formula is C11H20N4O2S. The zero-order valence-electron chi connectivity index (χ0n) is 10.7. The van der Waals surface area contributed by atoms with E-state index in [2.05, 4.69) is 10.2 Å². The second-order valence-electron chi connectivity index (χ2n) is 4.42. The number of primary sulfonamides is 1. The summed E-state index contributed by atoms with van der Waals surface area (Å²) in [7, 11) is 0.279. The zero-order valence-corrected chi connectivity index (χ0v) is 11.5. The molecule has 0 aliphatic heterocycles. The lowest BCUT2D eigenvalue weighted by Gasteiger charge is -2.11. The Labute approximate surface area is 108 Å². The number of sulfonamides is 1. The van der Waals surface area contributed by atoms with E-state index < -0.39 is 10.0 Å². The Morgan fingerprint density at radius 2 is 1.94 bits per heavy atom. The summed E-state index contributed by atoms with van der Waals surface area (Å²) in [6.07, 6.45) is 0.951. The van der Waals surface area contributed by atoms with Crippen LogP contribution in [0.25, 0.3) is 0 Å². The molecule has 1 rings (SSSR count). The van der Waals surface area contributed by atoms with Crippen LogP contribution in [0.1, 0.15) is 6.42 Å². The predicted molar refractivity (Wildman–Crippen MR) is 73.9 cm³/mol. The molecule has 0 saturated heterocycles. The predicted octanol–water partition coefficient (Wildman–Crippen LogP) is 0.280. The monoisotopic (exact) mass is 272 g/mol. The second kappa shape index (κ2) is 6.03. The highest BCUT2D eigenvalue weighted by Gasteiger charge is 2.09. The molecule has 0 aromatic heterocycles. The van der Waals surface area contributed by atoms with Gasteiger partial charge in [0.15, 0.2) is 0 Å². The summed E-state index contributed by atoms with van der Waals surface area (Å²) in [6.45, 7) is 1.70. The molecule has 1 aromatic carbocycles. The molecule has 0 saturated carbocycles. The summed E-state index contributed by atoms with van der Waals surface area (Å²) in [4.78, 5) is 2.11. The van der Waals surface area contributed by atoms with Crippen molar-refractivity contribution in [3.05, 3.63) is 18.2 Å². The Morgan fingerprint density at radius 1 is 1.28 bits per heavy atom. The van der Waals surface area contributed by atoms with Gasteiger partial charge in [0.1, 0.15) is 0 Å². The molecule has 0 fully saturated rings. The van der Waals surface area contributed by atoms with Crippen LogP contribution >= 0.6 is 0 Å². The van der Waals surface area contributed by atoms with Gasteiger partial charge in [0, 0.05) is 17.9 Å². The van der Waals surface area contributed by atoms with Crippen LogP contribution in [0.4, 0.5) is 11.4 Å². The molecule has 0 unspecified atom stereocenters. The Balaban J connectivity index is 2.69. The maximum atomic E-state index is 11.2. The molecule has 0 aliphatic rings. The molecule has 0 aliphatic carbocycles. The standard InChI is InChI=1S/C11H20N4O2S/c1-15(2)5-3-4-14-10-6-9(12)7-11(8-10)18(13,16)17/h6-8,14H,3-5,12H2,1-2H3,(H2,13,16,17). The number of nitrogen functional groups attached to an aromatic ring is 1. The molecular weight excluding hydrogens is 252 g/mol. The van der Waals surface area contributed by atoms with E-state index in [0.717, 1.165) is 19.5 Å². The average molecular weight is 272 g/mol. The normalized spacial score (nSPS) is 11.8. The van der Waals surface area contributed by atoms with Gasteiger partial charge in [0.05, 0.1) is 4.90 Å². The van der Waals surface area contributed by atoms with Gasteiger partial charge in [0.2, 0.25) is 10.0 Å². The number of hydrogen-bond acceptors (Lipinski definition) is 5. The van der Waals surface area contributed by atoms with Gasteiger partial charge in [-0.1, -0.05) is 0 Å². The van der Waals surface area contributed by atoms with Gasteiger partial charge in [-0.05, 0) is 45.3 Å². The Morgan fingerprint density at radius 3 is 2.50 bits per heavy atom. The van der Waals surface area contributed by atoms with Crippen molar-refractivity contribution in [1.29, 1.82) is 0 Å². The first kappa shape index (κ1) is 14.7. The van der Waals surface area contributed by atoms with Crippen molar-refractivity contribution in [1.82, 2.24) is 4.90 Å². The number of benzene rings is 1. The van der Waals surface area contributed by atoms with E-state index in [1.165, 1.54) is 12.1 Å². The minimum absolute atomic E-state index is 0.0256. The van der Waals surface area contributed by atoms with E-state index in [1.54, 1.807) is 6.07 Å². The highest BCUT2D eigenvalue weighted by molar-refractivity contribution is 7.89. The topological polar surface area (TPSA) is 101 Å². The summed E-state index contributed by atoms with van der Waals surface area (Å²) < 4.78 is 22.5. The van der Waals surface area contributed by atoms with Crippen LogP contribution in [0, 0.1) is 0 Å². The van der Waals surface area contributed by atoms with Crippen LogP contribution in [0.5, 0.6) is 0 Å². The average Bonchev–Trinajstić information content (AvgIpc) is 2.22. The largest absolute Gasteiger partial charge is 0.399 e. The fourth-order valence-corrected chi connectivity index (χ4v) is 2.11. The van der Waals surface area contributed by atoms with Crippen LogP contribution in [-0.4, -0.2) is 40.5 Å². The van der Waals surface area contributed by atoms with Gasteiger partial charge >= 0.3 is 0 Å². The first-order valence-corrected chi connectivity index (χ1v) is 7.15. The quantitative estimate of drug-likeness (QED) is 0.510. The van der Waals surface area contributed by atoms with Crippen molar-refractivity contribution in [2.45, 2.75) is 11.3 Å². The lowest BCUT2D eigenvalue weighted by molar-refractivity contribution is 0.405. The van der Waals surface area contributed by atoms with E-state index >= 15 is 0 Å². The first-order valence-electron chi connectivity index (χ1n) is 5.61. The fourth-order valence-electron chi connectivity index (χ4n) is 1.52. The van der Waals surface area contributed by atoms with Crippen LogP contribution in [-0.2, 0) is 10.0 Å². The molecule has 0 radical (unpaired) electrons. The molecule has 6 nitrogen and oxygen atoms in total. The van der Waals surface area contributed by atoms with Gasteiger partial charge in [0.25, 0.3) is 0 Å². The van der Waals surface area contributed by atoms with Crippen LogP contribution in [0.15, 0.2) is 23.1 Å². The number of nitrogens with zero attached hydrogens (tertiary/aromatic N) is 1. The molecule has 1 aromatic rings. The summed E-state index contributed by atoms with van der Waals surface area (Å²) in [5.74, 6) is 0. The zero-order chi connectivity index (χ0) is 13.8. The molecule has 0 bridgehead atoms. The van der Waals surface area contributed by atoms with Crippen LogP contribution < -0.4 is 16.2 Å². The second-order valence-corrected chi connectivity index (χ2v) is 5.98. The number of nitrogens with two attached hydrogens (primary N) is 2. The van der Waals surface area contributed by atoms with Crippen molar-refractivity contribution in [3.8, 4) is 0 Å². The number of hydrogen-bond donors (Lipinski definition) is 3. The van der Waals surface area contributed by atoms with Crippen molar-refractivity contribution < 1.29 is 8.42 Å². The van der Waals surface area contributed by atoms with Gasteiger partial charge in [-0.15, -0.1) is 0 Å². The molecule has 5 N–H and O–H groups in total. The molecule has 102 valence electrons. The van der Waals surface area contributed by atoms with Crippen molar-refractivity contribution in [3.63, 3.8) is 0 Å². The maximum absolute atomic E-state index is 11.2. The molecule has 0 spiro atoms. The highest BCUT2D eigenvalue weighted by Crippen LogP contribution is 2.19. The van der Waals surface area contributed by atoms with Crippen LogP contribution in [0.3, 0.4) is 0 Å². The van der Waals surface area contributed by atoms with Gasteiger partial charge in [-0.2, -0.15) is 0 Å². The summed E-state index contributed by atoms with van der Waals surface area (Å²) in [5, 5.41) is 8.20. The third kappa shape index (κ3) is 4.91. The third-order valence-electron chi connectivity index (χ3n) is 2.37. The number of nitrogens with one attached hydrogen (secondary N) is 1. The third-order valence-corrected chi connectivity index (χ3v) is 3.26. The van der Waals surface area contributed by atoms with E-state index in [9.17, 15) is 8.42 Å². The summed E-state index contributed by atoms with van der Waals surface area (Å²) in [5.41, 5.74) is 6.68. The van der Waals surface area contributed by atoms with E-state index in [0.29, 0.717) is 11.4 Å².